The zero-order valence-corrected chi connectivity index (χ0v) is 18.2. The van der Waals surface area contributed by atoms with Gasteiger partial charge in [-0.25, -0.2) is 13.6 Å². The number of halogens is 2. The molecule has 4 rings (SSSR count). The molecule has 0 amide bonds. The van der Waals surface area contributed by atoms with E-state index in [1.165, 1.54) is 42.5 Å². The van der Waals surface area contributed by atoms with Crippen molar-refractivity contribution in [2.75, 3.05) is 6.61 Å². The predicted molar refractivity (Wildman–Crippen MR) is 120 cm³/mol. The summed E-state index contributed by atoms with van der Waals surface area (Å²) in [6.07, 6.45) is 1.35. The molecule has 2 N–H and O–H groups in total. The van der Waals surface area contributed by atoms with Crippen LogP contribution in [0.15, 0.2) is 58.9 Å². The third kappa shape index (κ3) is 3.75. The van der Waals surface area contributed by atoms with Gasteiger partial charge >= 0.3 is 5.97 Å². The van der Waals surface area contributed by atoms with Crippen molar-refractivity contribution in [2.45, 2.75) is 12.8 Å². The molecule has 0 saturated heterocycles. The molecule has 0 saturated carbocycles. The van der Waals surface area contributed by atoms with Crippen LogP contribution in [0, 0.1) is 23.0 Å². The van der Waals surface area contributed by atoms with Crippen LogP contribution in [-0.2, 0) is 9.53 Å². The summed E-state index contributed by atoms with van der Waals surface area (Å²) in [5.74, 6) is -3.47. The van der Waals surface area contributed by atoms with Gasteiger partial charge in [0.05, 0.1) is 34.3 Å². The maximum atomic E-state index is 14.8. The number of ether oxygens (including phenoxy) is 1. The van der Waals surface area contributed by atoms with Crippen LogP contribution in [0.2, 0.25) is 0 Å². The summed E-state index contributed by atoms with van der Waals surface area (Å²) < 4.78 is 35.3. The van der Waals surface area contributed by atoms with E-state index in [0.717, 1.165) is 15.9 Å². The molecule has 1 atom stereocenters. The summed E-state index contributed by atoms with van der Waals surface area (Å²) in [5.41, 5.74) is 5.62. The number of hydrogen-bond donors (Lipinski definition) is 1. The molecule has 33 heavy (non-hydrogen) atoms. The summed E-state index contributed by atoms with van der Waals surface area (Å²) in [4.78, 5) is 26.0. The molecule has 0 aliphatic carbocycles. The number of hydrogen-bond acceptors (Lipinski definition) is 6. The molecule has 3 aromatic rings. The molecule has 6 nitrogen and oxygen atoms in total. The summed E-state index contributed by atoms with van der Waals surface area (Å²) in [6, 6.07) is 13.6. The van der Waals surface area contributed by atoms with E-state index >= 15 is 0 Å². The summed E-state index contributed by atoms with van der Waals surface area (Å²) in [7, 11) is 0. The van der Waals surface area contributed by atoms with Gasteiger partial charge in [-0.1, -0.05) is 36.4 Å². The van der Waals surface area contributed by atoms with Gasteiger partial charge in [0.25, 0.3) is 5.56 Å². The van der Waals surface area contributed by atoms with Gasteiger partial charge in [0.15, 0.2) is 0 Å². The summed E-state index contributed by atoms with van der Waals surface area (Å²) >= 11 is 0.913. The van der Waals surface area contributed by atoms with Crippen molar-refractivity contribution >= 4 is 34.8 Å². The van der Waals surface area contributed by atoms with E-state index in [-0.39, 0.29) is 43.9 Å². The first kappa shape index (κ1) is 22.2. The van der Waals surface area contributed by atoms with Gasteiger partial charge < -0.3 is 10.5 Å². The number of nitrogens with zero attached hydrogens (tertiary/aromatic N) is 2. The molecule has 166 valence electrons. The summed E-state index contributed by atoms with van der Waals surface area (Å²) in [6.45, 7) is 1.60. The van der Waals surface area contributed by atoms with Crippen molar-refractivity contribution in [3.05, 3.63) is 96.4 Å². The SMILES string of the molecule is CCOC(=O)C1=C(N)n2c(s/c(=C\c3ccccc3F)c2=O)=C(C#N)C1c1ccccc1F. The molecule has 2 heterocycles. The molecule has 0 bridgehead atoms. The van der Waals surface area contributed by atoms with Crippen molar-refractivity contribution in [1.82, 2.24) is 4.57 Å². The van der Waals surface area contributed by atoms with E-state index in [0.29, 0.717) is 0 Å². The number of fused-ring (bicyclic) bond motifs is 1. The van der Waals surface area contributed by atoms with Gasteiger partial charge in [-0.15, -0.1) is 11.3 Å². The molecule has 1 aliphatic heterocycles. The number of aromatic nitrogens is 1. The lowest BCUT2D eigenvalue weighted by Crippen LogP contribution is -2.40. The van der Waals surface area contributed by atoms with E-state index in [4.69, 9.17) is 10.5 Å². The monoisotopic (exact) mass is 465 g/mol. The van der Waals surface area contributed by atoms with Crippen LogP contribution in [0.3, 0.4) is 0 Å². The third-order valence-electron chi connectivity index (χ3n) is 5.17. The zero-order valence-electron chi connectivity index (χ0n) is 17.3. The highest BCUT2D eigenvalue weighted by Crippen LogP contribution is 2.37. The number of esters is 1. The highest BCUT2D eigenvalue weighted by atomic mass is 32.1. The van der Waals surface area contributed by atoms with Crippen LogP contribution in [-0.4, -0.2) is 17.1 Å². The highest BCUT2D eigenvalue weighted by molar-refractivity contribution is 7.07. The number of benzene rings is 2. The molecule has 9 heteroatoms. The normalized spacial score (nSPS) is 15.9. The minimum absolute atomic E-state index is 0.0131. The maximum Gasteiger partial charge on any atom is 0.338 e. The average Bonchev–Trinajstić information content (AvgIpc) is 3.12. The van der Waals surface area contributed by atoms with Crippen LogP contribution < -0.4 is 20.5 Å². The Morgan fingerprint density at radius 3 is 2.52 bits per heavy atom. The number of carbonyl (C=O) groups excluding carboxylic acids is 1. The molecule has 0 spiro atoms. The Labute approximate surface area is 190 Å². The molecule has 1 aliphatic rings. The smallest absolute Gasteiger partial charge is 0.338 e. The summed E-state index contributed by atoms with van der Waals surface area (Å²) in [5, 5.41) is 10.0. The van der Waals surface area contributed by atoms with Crippen LogP contribution in [0.25, 0.3) is 17.5 Å². The number of nitriles is 1. The van der Waals surface area contributed by atoms with Crippen molar-refractivity contribution in [3.8, 4) is 6.07 Å². The maximum absolute atomic E-state index is 14.8. The molecule has 2 aromatic carbocycles. The van der Waals surface area contributed by atoms with Gasteiger partial charge in [0.2, 0.25) is 0 Å². The largest absolute Gasteiger partial charge is 0.463 e. The topological polar surface area (TPSA) is 98.1 Å². The Morgan fingerprint density at radius 1 is 1.21 bits per heavy atom. The van der Waals surface area contributed by atoms with E-state index in [1.54, 1.807) is 19.1 Å². The molecule has 0 radical (unpaired) electrons. The van der Waals surface area contributed by atoms with E-state index < -0.39 is 29.1 Å². The van der Waals surface area contributed by atoms with Crippen molar-refractivity contribution in [2.24, 2.45) is 5.73 Å². The number of rotatable bonds is 4. The fourth-order valence-corrected chi connectivity index (χ4v) is 4.83. The molecule has 1 aromatic heterocycles. The lowest BCUT2D eigenvalue weighted by molar-refractivity contribution is -0.138. The minimum Gasteiger partial charge on any atom is -0.463 e. The Morgan fingerprint density at radius 2 is 1.88 bits per heavy atom. The van der Waals surface area contributed by atoms with Gasteiger partial charge in [-0.05, 0) is 25.1 Å². The lowest BCUT2D eigenvalue weighted by atomic mass is 9.83. The Balaban J connectivity index is 2.11. The number of thiazole rings is 1. The Hall–Kier alpha value is -4.03. The standard InChI is InChI=1S/C24H17F2N3O3S/c1-2-32-24(31)20-19(14-8-4-6-10-17(14)26)15(12-27)23-29(21(20)28)22(30)18(33-23)11-13-7-3-5-9-16(13)25/h3-11,19H,2,28H2,1H3/b18-11-. The van der Waals surface area contributed by atoms with Crippen molar-refractivity contribution in [3.63, 3.8) is 0 Å². The van der Waals surface area contributed by atoms with Gasteiger partial charge in [-0.2, -0.15) is 5.26 Å². The fraction of sp³-hybridized carbons (Fsp3) is 0.125. The zero-order chi connectivity index (χ0) is 23.7. The van der Waals surface area contributed by atoms with Gasteiger partial charge in [0.1, 0.15) is 22.1 Å². The van der Waals surface area contributed by atoms with E-state index in [1.807, 2.05) is 6.07 Å². The highest BCUT2D eigenvalue weighted by Gasteiger charge is 2.37. The molecular weight excluding hydrogens is 448 g/mol. The first-order valence-electron chi connectivity index (χ1n) is 9.93. The van der Waals surface area contributed by atoms with E-state index in [9.17, 15) is 23.6 Å². The van der Waals surface area contributed by atoms with Crippen molar-refractivity contribution in [1.29, 1.82) is 5.26 Å². The van der Waals surface area contributed by atoms with E-state index in [2.05, 4.69) is 0 Å². The lowest BCUT2D eigenvalue weighted by Gasteiger charge is -2.25. The minimum atomic E-state index is -1.17. The Bertz CT molecular complexity index is 1530. The Kier molecular flexibility index (Phi) is 5.94. The number of nitrogens with two attached hydrogens (primary N) is 1. The van der Waals surface area contributed by atoms with Crippen LogP contribution >= 0.6 is 11.3 Å². The molecule has 1 unspecified atom stereocenters. The predicted octanol–water partition coefficient (Wildman–Crippen LogP) is 2.18. The fourth-order valence-electron chi connectivity index (χ4n) is 3.71. The average molecular weight is 465 g/mol. The molecule has 0 fully saturated rings. The third-order valence-corrected chi connectivity index (χ3v) is 6.28. The van der Waals surface area contributed by atoms with Crippen LogP contribution in [0.1, 0.15) is 24.0 Å². The first-order valence-corrected chi connectivity index (χ1v) is 10.7. The second-order valence-corrected chi connectivity index (χ2v) is 8.11. The quantitative estimate of drug-likeness (QED) is 0.596. The second kappa shape index (κ2) is 8.84. The van der Waals surface area contributed by atoms with Crippen molar-refractivity contribution < 1.29 is 18.3 Å². The second-order valence-electron chi connectivity index (χ2n) is 7.08. The first-order chi connectivity index (χ1) is 15.9. The van der Waals surface area contributed by atoms with Gasteiger partial charge in [0, 0.05) is 11.1 Å². The van der Waals surface area contributed by atoms with Crippen LogP contribution in [0.4, 0.5) is 8.78 Å². The number of carbonyl (C=O) groups is 1. The van der Waals surface area contributed by atoms with Crippen LogP contribution in [0.5, 0.6) is 0 Å². The molecular formula is C24H17F2N3O3S. The van der Waals surface area contributed by atoms with Gasteiger partial charge in [-0.3, -0.25) is 9.36 Å².